The van der Waals surface area contributed by atoms with Crippen LogP contribution in [0, 0.1) is 0 Å². The van der Waals surface area contributed by atoms with Crippen LogP contribution >= 0.6 is 0 Å². The first-order chi connectivity index (χ1) is 11.1. The third-order valence-corrected chi connectivity index (χ3v) is 2.88. The van der Waals surface area contributed by atoms with E-state index in [1.165, 1.54) is 30.4 Å². The summed E-state index contributed by atoms with van der Waals surface area (Å²) in [5.41, 5.74) is 0.776. The van der Waals surface area contributed by atoms with Gasteiger partial charge in [-0.25, -0.2) is 0 Å². The van der Waals surface area contributed by atoms with Crippen LogP contribution in [0.25, 0.3) is 12.2 Å². The molecule has 0 spiro atoms. The monoisotopic (exact) mass is 312 g/mol. The number of carbonyl (C=O) groups is 1. The molecule has 0 aliphatic rings. The van der Waals surface area contributed by atoms with Gasteiger partial charge in [-0.05, 0) is 48.1 Å². The first-order valence-electron chi connectivity index (χ1n) is 6.86. The highest BCUT2D eigenvalue weighted by molar-refractivity contribution is 6.02. The molecule has 0 saturated heterocycles. The molecular weight excluding hydrogens is 296 g/mol. The normalized spacial score (nSPS) is 12.3. The van der Waals surface area contributed by atoms with E-state index in [0.29, 0.717) is 11.5 Å². The van der Waals surface area contributed by atoms with Gasteiger partial charge < -0.3 is 19.7 Å². The highest BCUT2D eigenvalue weighted by atomic mass is 16.4. The number of aliphatic hydroxyl groups is 2. The molecular formula is C18H16O5. The van der Waals surface area contributed by atoms with Crippen LogP contribution in [0.5, 0.6) is 5.75 Å². The number of benzene rings is 1. The standard InChI is InChI=1S/C18H16O5/c19-12-18-10-9-17(23-18)8-7-16(22)11-15(21)6-3-13-1-4-14(20)5-2-13/h1-11,19-21H,12H2/b6-3+,8-7+,15-11-. The van der Waals surface area contributed by atoms with E-state index in [0.717, 1.165) is 11.6 Å². The average molecular weight is 312 g/mol. The Morgan fingerprint density at radius 1 is 1.04 bits per heavy atom. The zero-order chi connectivity index (χ0) is 16.7. The predicted octanol–water partition coefficient (Wildman–Crippen LogP) is 3.22. The van der Waals surface area contributed by atoms with Crippen molar-refractivity contribution in [1.29, 1.82) is 0 Å². The minimum atomic E-state index is -0.403. The fourth-order valence-electron chi connectivity index (χ4n) is 1.74. The summed E-state index contributed by atoms with van der Waals surface area (Å²) in [6.45, 7) is -0.204. The maximum Gasteiger partial charge on any atom is 0.182 e. The van der Waals surface area contributed by atoms with Crippen molar-refractivity contribution in [3.8, 4) is 5.75 Å². The van der Waals surface area contributed by atoms with Crippen LogP contribution in [0.3, 0.4) is 0 Å². The fourth-order valence-corrected chi connectivity index (χ4v) is 1.74. The molecule has 1 aromatic heterocycles. The highest BCUT2D eigenvalue weighted by Crippen LogP contribution is 2.12. The minimum absolute atomic E-state index is 0.157. The number of carbonyl (C=O) groups excluding carboxylic acids is 1. The molecule has 0 unspecified atom stereocenters. The summed E-state index contributed by atoms with van der Waals surface area (Å²) in [6.07, 6.45) is 6.78. The van der Waals surface area contributed by atoms with Gasteiger partial charge in [-0.1, -0.05) is 18.2 Å². The summed E-state index contributed by atoms with van der Waals surface area (Å²) in [5, 5.41) is 27.7. The Balaban J connectivity index is 1.96. The SMILES string of the molecule is O=C(/C=C(O)/C=C/c1ccc(O)cc1)/C=C/c1ccc(CO)o1. The van der Waals surface area contributed by atoms with Gasteiger partial charge in [0.05, 0.1) is 0 Å². The second-order valence-corrected chi connectivity index (χ2v) is 4.69. The van der Waals surface area contributed by atoms with E-state index in [-0.39, 0.29) is 18.1 Å². The van der Waals surface area contributed by atoms with E-state index in [9.17, 15) is 9.90 Å². The molecule has 0 amide bonds. The molecule has 0 bridgehead atoms. The Hall–Kier alpha value is -3.05. The summed E-state index contributed by atoms with van der Waals surface area (Å²) < 4.78 is 5.20. The molecule has 2 aromatic rings. The van der Waals surface area contributed by atoms with Crippen molar-refractivity contribution in [2.45, 2.75) is 6.61 Å². The van der Waals surface area contributed by atoms with Gasteiger partial charge in [-0.3, -0.25) is 4.79 Å². The lowest BCUT2D eigenvalue weighted by atomic mass is 10.2. The molecule has 1 aromatic carbocycles. The number of furan rings is 1. The van der Waals surface area contributed by atoms with Crippen molar-refractivity contribution >= 4 is 17.9 Å². The molecule has 118 valence electrons. The van der Waals surface area contributed by atoms with Crippen molar-refractivity contribution in [2.75, 3.05) is 0 Å². The first kappa shape index (κ1) is 16.3. The van der Waals surface area contributed by atoms with Gasteiger partial charge in [-0.2, -0.15) is 0 Å². The molecule has 3 N–H and O–H groups in total. The van der Waals surface area contributed by atoms with Crippen molar-refractivity contribution in [2.24, 2.45) is 0 Å². The lowest BCUT2D eigenvalue weighted by Crippen LogP contribution is -1.88. The van der Waals surface area contributed by atoms with Crippen molar-refractivity contribution in [3.63, 3.8) is 0 Å². The number of hydrogen-bond acceptors (Lipinski definition) is 5. The number of aromatic hydroxyl groups is 1. The average Bonchev–Trinajstić information content (AvgIpc) is 3.00. The van der Waals surface area contributed by atoms with Crippen LogP contribution in [0.4, 0.5) is 0 Å². The van der Waals surface area contributed by atoms with Crippen LogP contribution in [0.1, 0.15) is 17.1 Å². The number of aliphatic hydroxyl groups excluding tert-OH is 2. The van der Waals surface area contributed by atoms with E-state index in [1.807, 2.05) is 0 Å². The zero-order valence-electron chi connectivity index (χ0n) is 12.2. The smallest absolute Gasteiger partial charge is 0.182 e. The van der Waals surface area contributed by atoms with E-state index < -0.39 is 5.78 Å². The molecule has 5 heteroatoms. The second kappa shape index (κ2) is 7.82. The summed E-state index contributed by atoms with van der Waals surface area (Å²) >= 11 is 0. The van der Waals surface area contributed by atoms with E-state index in [4.69, 9.17) is 14.6 Å². The molecule has 0 radical (unpaired) electrons. The molecule has 0 fully saturated rings. The molecule has 2 rings (SSSR count). The Bertz CT molecular complexity index is 748. The topological polar surface area (TPSA) is 90.9 Å². The molecule has 1 heterocycles. The maximum atomic E-state index is 11.7. The number of ketones is 1. The number of phenols is 1. The number of rotatable bonds is 6. The summed E-state index contributed by atoms with van der Waals surface area (Å²) in [5.74, 6) is 0.412. The van der Waals surface area contributed by atoms with Gasteiger partial charge in [0.2, 0.25) is 0 Å². The maximum absolute atomic E-state index is 11.7. The van der Waals surface area contributed by atoms with E-state index >= 15 is 0 Å². The van der Waals surface area contributed by atoms with Gasteiger partial charge in [-0.15, -0.1) is 0 Å². The van der Waals surface area contributed by atoms with Crippen LogP contribution < -0.4 is 0 Å². The number of allylic oxidation sites excluding steroid dienone is 3. The van der Waals surface area contributed by atoms with Crippen LogP contribution in [0.15, 0.2) is 64.8 Å². The van der Waals surface area contributed by atoms with E-state index in [1.54, 1.807) is 30.3 Å². The largest absolute Gasteiger partial charge is 0.508 e. The Labute approximate surface area is 133 Å². The first-order valence-corrected chi connectivity index (χ1v) is 6.86. The second-order valence-electron chi connectivity index (χ2n) is 4.69. The predicted molar refractivity (Wildman–Crippen MR) is 86.5 cm³/mol. The Morgan fingerprint density at radius 3 is 2.43 bits per heavy atom. The van der Waals surface area contributed by atoms with Crippen LogP contribution in [-0.4, -0.2) is 21.1 Å². The fraction of sp³-hybridized carbons (Fsp3) is 0.0556. The quantitative estimate of drug-likeness (QED) is 0.433. The highest BCUT2D eigenvalue weighted by Gasteiger charge is 1.99. The Morgan fingerprint density at radius 2 is 1.78 bits per heavy atom. The summed E-state index contributed by atoms with van der Waals surface area (Å²) in [7, 11) is 0. The van der Waals surface area contributed by atoms with Crippen molar-refractivity contribution in [1.82, 2.24) is 0 Å². The third kappa shape index (κ3) is 5.33. The molecule has 0 atom stereocenters. The Kier molecular flexibility index (Phi) is 5.55. The van der Waals surface area contributed by atoms with Gasteiger partial charge in [0.25, 0.3) is 0 Å². The van der Waals surface area contributed by atoms with Crippen LogP contribution in [0.2, 0.25) is 0 Å². The molecule has 5 nitrogen and oxygen atoms in total. The van der Waals surface area contributed by atoms with Gasteiger partial charge in [0.15, 0.2) is 5.78 Å². The minimum Gasteiger partial charge on any atom is -0.508 e. The molecule has 0 saturated carbocycles. The lowest BCUT2D eigenvalue weighted by Gasteiger charge is -1.94. The molecule has 23 heavy (non-hydrogen) atoms. The molecule has 0 aliphatic heterocycles. The van der Waals surface area contributed by atoms with Gasteiger partial charge in [0.1, 0.15) is 29.6 Å². The summed E-state index contributed by atoms with van der Waals surface area (Å²) in [4.78, 5) is 11.7. The van der Waals surface area contributed by atoms with Gasteiger partial charge >= 0.3 is 0 Å². The third-order valence-electron chi connectivity index (χ3n) is 2.88. The van der Waals surface area contributed by atoms with Crippen molar-refractivity contribution < 1.29 is 24.5 Å². The molecule has 0 aliphatic carbocycles. The van der Waals surface area contributed by atoms with Crippen LogP contribution in [-0.2, 0) is 11.4 Å². The van der Waals surface area contributed by atoms with Gasteiger partial charge in [0, 0.05) is 6.08 Å². The number of hydrogen-bond donors (Lipinski definition) is 3. The number of phenolic OH excluding ortho intramolecular Hbond substituents is 1. The van der Waals surface area contributed by atoms with Crippen molar-refractivity contribution in [3.05, 3.63) is 77.5 Å². The lowest BCUT2D eigenvalue weighted by molar-refractivity contribution is -0.110. The van der Waals surface area contributed by atoms with E-state index in [2.05, 4.69) is 0 Å². The zero-order valence-corrected chi connectivity index (χ0v) is 12.2. The summed E-state index contributed by atoms with van der Waals surface area (Å²) in [6, 6.07) is 9.64.